The van der Waals surface area contributed by atoms with Crippen LogP contribution < -0.4 is 0 Å². The summed E-state index contributed by atoms with van der Waals surface area (Å²) in [5, 5.41) is 4.38. The van der Waals surface area contributed by atoms with E-state index in [1.165, 1.54) is 30.5 Å². The Hall–Kier alpha value is -0.600. The van der Waals surface area contributed by atoms with E-state index in [2.05, 4.69) is 28.3 Å². The van der Waals surface area contributed by atoms with Crippen molar-refractivity contribution in [1.29, 1.82) is 0 Å². The maximum atomic E-state index is 4.05. The summed E-state index contributed by atoms with van der Waals surface area (Å²) >= 11 is 1.78. The van der Waals surface area contributed by atoms with Gasteiger partial charge in [-0.1, -0.05) is 12.2 Å². The minimum absolute atomic E-state index is 1.09. The van der Waals surface area contributed by atoms with Crippen LogP contribution in [-0.4, -0.2) is 18.0 Å². The minimum Gasteiger partial charge on any atom is -0.295 e. The van der Waals surface area contributed by atoms with Crippen LogP contribution in [0.5, 0.6) is 0 Å². The van der Waals surface area contributed by atoms with Gasteiger partial charge in [-0.25, -0.2) is 0 Å². The zero-order chi connectivity index (χ0) is 9.10. The predicted octanol–water partition coefficient (Wildman–Crippen LogP) is 2.90. The topological polar surface area (TPSA) is 3.24 Å². The first-order valence-corrected chi connectivity index (χ1v) is 5.69. The Morgan fingerprint density at radius 1 is 1.54 bits per heavy atom. The average molecular weight is 193 g/mol. The number of nitrogens with zero attached hydrogens (tertiary/aromatic N) is 1. The summed E-state index contributed by atoms with van der Waals surface area (Å²) in [5.41, 5.74) is 2.83. The Morgan fingerprint density at radius 2 is 2.46 bits per heavy atom. The highest BCUT2D eigenvalue weighted by Gasteiger charge is 2.12. The first-order chi connectivity index (χ1) is 6.34. The average Bonchev–Trinajstić information content (AvgIpc) is 2.57. The molecule has 13 heavy (non-hydrogen) atoms. The van der Waals surface area contributed by atoms with Crippen LogP contribution in [0, 0.1) is 0 Å². The molecule has 0 aromatic carbocycles. The van der Waals surface area contributed by atoms with E-state index in [-0.39, 0.29) is 0 Å². The van der Waals surface area contributed by atoms with Gasteiger partial charge in [-0.2, -0.15) is 11.3 Å². The minimum atomic E-state index is 1.09. The van der Waals surface area contributed by atoms with Crippen LogP contribution in [0.1, 0.15) is 18.4 Å². The molecule has 0 saturated carbocycles. The maximum Gasteiger partial charge on any atom is 0.0245 e. The Kier molecular flexibility index (Phi) is 2.81. The van der Waals surface area contributed by atoms with Crippen LogP contribution in [0.2, 0.25) is 0 Å². The molecule has 0 aliphatic carbocycles. The molecule has 1 saturated heterocycles. The summed E-state index contributed by atoms with van der Waals surface area (Å²) in [6.07, 6.45) is 2.50. The van der Waals surface area contributed by atoms with E-state index in [0.717, 1.165) is 13.1 Å². The van der Waals surface area contributed by atoms with Crippen LogP contribution in [0.15, 0.2) is 29.0 Å². The molecule has 1 aromatic heterocycles. The molecule has 1 aliphatic rings. The van der Waals surface area contributed by atoms with Crippen LogP contribution in [-0.2, 0) is 6.54 Å². The van der Waals surface area contributed by atoms with E-state index >= 15 is 0 Å². The Balaban J connectivity index is 1.91. The van der Waals surface area contributed by atoms with Gasteiger partial charge in [0.05, 0.1) is 0 Å². The second-order valence-corrected chi connectivity index (χ2v) is 4.48. The first kappa shape index (κ1) is 8.97. The van der Waals surface area contributed by atoms with Crippen molar-refractivity contribution in [1.82, 2.24) is 4.90 Å². The zero-order valence-corrected chi connectivity index (χ0v) is 8.65. The number of piperidine rings is 1. The SMILES string of the molecule is C=C1CCCN(Cc2ccsc2)C1. The summed E-state index contributed by atoms with van der Waals surface area (Å²) in [6.45, 7) is 7.48. The van der Waals surface area contributed by atoms with Gasteiger partial charge in [0.25, 0.3) is 0 Å². The largest absolute Gasteiger partial charge is 0.295 e. The van der Waals surface area contributed by atoms with E-state index in [1.54, 1.807) is 11.3 Å². The molecule has 1 nitrogen and oxygen atoms in total. The van der Waals surface area contributed by atoms with Gasteiger partial charge in [0.1, 0.15) is 0 Å². The first-order valence-electron chi connectivity index (χ1n) is 4.74. The lowest BCUT2D eigenvalue weighted by Crippen LogP contribution is -2.30. The summed E-state index contributed by atoms with van der Waals surface area (Å²) in [5.74, 6) is 0. The van der Waals surface area contributed by atoms with Crippen LogP contribution in [0.4, 0.5) is 0 Å². The molecule has 2 heterocycles. The van der Waals surface area contributed by atoms with Gasteiger partial charge in [-0.3, -0.25) is 4.90 Å². The molecule has 1 aromatic rings. The lowest BCUT2D eigenvalue weighted by atomic mass is 10.1. The lowest BCUT2D eigenvalue weighted by molar-refractivity contribution is 0.258. The normalized spacial score (nSPS) is 19.2. The third-order valence-electron chi connectivity index (χ3n) is 2.44. The third-order valence-corrected chi connectivity index (χ3v) is 3.17. The highest BCUT2D eigenvalue weighted by Crippen LogP contribution is 2.17. The smallest absolute Gasteiger partial charge is 0.0245 e. The quantitative estimate of drug-likeness (QED) is 0.653. The highest BCUT2D eigenvalue weighted by atomic mass is 32.1. The monoisotopic (exact) mass is 193 g/mol. The number of thiophene rings is 1. The summed E-state index contributed by atoms with van der Waals surface area (Å²) in [7, 11) is 0. The van der Waals surface area contributed by atoms with Gasteiger partial charge < -0.3 is 0 Å². The van der Waals surface area contributed by atoms with E-state index in [4.69, 9.17) is 0 Å². The van der Waals surface area contributed by atoms with Gasteiger partial charge in [-0.05, 0) is 41.8 Å². The van der Waals surface area contributed by atoms with Crippen molar-refractivity contribution >= 4 is 11.3 Å². The molecule has 0 radical (unpaired) electrons. The molecular formula is C11H15NS. The fraction of sp³-hybridized carbons (Fsp3) is 0.455. The van der Waals surface area contributed by atoms with E-state index in [0.29, 0.717) is 0 Å². The fourth-order valence-corrected chi connectivity index (χ4v) is 2.46. The second kappa shape index (κ2) is 4.07. The Labute approximate surface area is 83.7 Å². The summed E-state index contributed by atoms with van der Waals surface area (Å²) in [4.78, 5) is 2.48. The molecule has 0 N–H and O–H groups in total. The van der Waals surface area contributed by atoms with Crippen molar-refractivity contribution in [3.63, 3.8) is 0 Å². The number of rotatable bonds is 2. The van der Waals surface area contributed by atoms with Crippen LogP contribution >= 0.6 is 11.3 Å². The van der Waals surface area contributed by atoms with Gasteiger partial charge in [0, 0.05) is 13.1 Å². The molecular weight excluding hydrogens is 178 g/mol. The summed E-state index contributed by atoms with van der Waals surface area (Å²) in [6, 6.07) is 2.21. The molecule has 2 rings (SSSR count). The molecule has 0 amide bonds. The molecule has 70 valence electrons. The zero-order valence-electron chi connectivity index (χ0n) is 7.83. The lowest BCUT2D eigenvalue weighted by Gasteiger charge is -2.27. The molecule has 1 fully saturated rings. The maximum absolute atomic E-state index is 4.05. The van der Waals surface area contributed by atoms with E-state index in [1.807, 2.05) is 0 Å². The Bertz CT molecular complexity index is 276. The predicted molar refractivity (Wildman–Crippen MR) is 58.0 cm³/mol. The van der Waals surface area contributed by atoms with Gasteiger partial charge in [0.2, 0.25) is 0 Å². The second-order valence-electron chi connectivity index (χ2n) is 3.70. The number of hydrogen-bond donors (Lipinski definition) is 0. The van der Waals surface area contributed by atoms with Gasteiger partial charge in [-0.15, -0.1) is 0 Å². The van der Waals surface area contributed by atoms with E-state index < -0.39 is 0 Å². The van der Waals surface area contributed by atoms with Crippen molar-refractivity contribution in [3.05, 3.63) is 34.5 Å². The molecule has 1 aliphatic heterocycles. The summed E-state index contributed by atoms with van der Waals surface area (Å²) < 4.78 is 0. The standard InChI is InChI=1S/C11H15NS/c1-10-3-2-5-12(7-10)8-11-4-6-13-9-11/h4,6,9H,1-3,5,7-8H2. The fourth-order valence-electron chi connectivity index (χ4n) is 1.80. The van der Waals surface area contributed by atoms with Crippen LogP contribution in [0.3, 0.4) is 0 Å². The molecule has 0 unspecified atom stereocenters. The van der Waals surface area contributed by atoms with Gasteiger partial charge in [0.15, 0.2) is 0 Å². The highest BCUT2D eigenvalue weighted by molar-refractivity contribution is 7.07. The third kappa shape index (κ3) is 2.42. The van der Waals surface area contributed by atoms with E-state index in [9.17, 15) is 0 Å². The molecule has 0 atom stereocenters. The van der Waals surface area contributed by atoms with Crippen molar-refractivity contribution < 1.29 is 0 Å². The van der Waals surface area contributed by atoms with Crippen molar-refractivity contribution in [2.75, 3.05) is 13.1 Å². The van der Waals surface area contributed by atoms with Crippen LogP contribution in [0.25, 0.3) is 0 Å². The molecule has 0 bridgehead atoms. The van der Waals surface area contributed by atoms with Crippen molar-refractivity contribution in [2.45, 2.75) is 19.4 Å². The number of likely N-dealkylation sites (tertiary alicyclic amines) is 1. The molecule has 0 spiro atoms. The van der Waals surface area contributed by atoms with Crippen molar-refractivity contribution in [2.24, 2.45) is 0 Å². The number of hydrogen-bond acceptors (Lipinski definition) is 2. The molecule has 2 heteroatoms. The van der Waals surface area contributed by atoms with Crippen molar-refractivity contribution in [3.8, 4) is 0 Å². The Morgan fingerprint density at radius 3 is 3.15 bits per heavy atom. The van der Waals surface area contributed by atoms with Gasteiger partial charge >= 0.3 is 0 Å².